The fourth-order valence-corrected chi connectivity index (χ4v) is 4.15. The number of hydrogen-bond acceptors (Lipinski definition) is 3. The molecule has 154 valence electrons. The third-order valence-corrected chi connectivity index (χ3v) is 5.70. The van der Waals surface area contributed by atoms with Crippen LogP contribution in [-0.4, -0.2) is 27.8 Å². The standard InChI is InChI=1S/C24H19ClN4O2/c25-18-7-8-19-17(10-18)12-20(27-19)23(30)28-21-11-16-5-1-2-6-22(16)29(24(21)31)14-15-4-3-9-26-13-15/h1-10,12-13,21,27H,11,14H2,(H,28,30)/t21-/m1/s1. The van der Waals surface area contributed by atoms with Crippen LogP contribution in [0, 0.1) is 0 Å². The average Bonchev–Trinajstić information content (AvgIpc) is 3.21. The van der Waals surface area contributed by atoms with E-state index in [0.29, 0.717) is 23.7 Å². The number of aromatic amines is 1. The van der Waals surface area contributed by atoms with Crippen molar-refractivity contribution in [3.05, 3.63) is 94.9 Å². The Balaban J connectivity index is 1.42. The molecule has 0 radical (unpaired) electrons. The molecule has 0 aliphatic carbocycles. The van der Waals surface area contributed by atoms with E-state index < -0.39 is 6.04 Å². The maximum Gasteiger partial charge on any atom is 0.268 e. The predicted molar refractivity (Wildman–Crippen MR) is 120 cm³/mol. The summed E-state index contributed by atoms with van der Waals surface area (Å²) in [5.74, 6) is -0.471. The number of aromatic nitrogens is 2. The number of carbonyl (C=O) groups excluding carboxylic acids is 2. The Morgan fingerprint density at radius 1 is 1.16 bits per heavy atom. The number of fused-ring (bicyclic) bond motifs is 2. The minimum absolute atomic E-state index is 0.143. The summed E-state index contributed by atoms with van der Waals surface area (Å²) >= 11 is 6.04. The van der Waals surface area contributed by atoms with Gasteiger partial charge < -0.3 is 15.2 Å². The molecule has 2 aromatic carbocycles. The van der Waals surface area contributed by atoms with Gasteiger partial charge in [0.25, 0.3) is 5.91 Å². The van der Waals surface area contributed by atoms with Crippen molar-refractivity contribution < 1.29 is 9.59 Å². The van der Waals surface area contributed by atoms with E-state index in [-0.39, 0.29) is 11.8 Å². The van der Waals surface area contributed by atoms with Crippen LogP contribution in [0.15, 0.2) is 73.1 Å². The Bertz CT molecular complexity index is 1290. The molecule has 5 rings (SSSR count). The summed E-state index contributed by atoms with van der Waals surface area (Å²) in [4.78, 5) is 35.2. The summed E-state index contributed by atoms with van der Waals surface area (Å²) in [7, 11) is 0. The fraction of sp³-hybridized carbons (Fsp3) is 0.125. The second-order valence-electron chi connectivity index (χ2n) is 7.56. The molecule has 0 spiro atoms. The molecular formula is C24H19ClN4O2. The van der Waals surface area contributed by atoms with E-state index >= 15 is 0 Å². The SMILES string of the molecule is O=C(N[C@@H]1Cc2ccccc2N(Cc2cccnc2)C1=O)c1cc2cc(Cl)ccc2[nH]1. The highest BCUT2D eigenvalue weighted by molar-refractivity contribution is 6.31. The average molecular weight is 431 g/mol. The summed E-state index contributed by atoms with van der Waals surface area (Å²) in [5, 5.41) is 4.35. The van der Waals surface area contributed by atoms with Crippen molar-refractivity contribution in [3.63, 3.8) is 0 Å². The van der Waals surface area contributed by atoms with Crippen LogP contribution in [0.1, 0.15) is 21.6 Å². The molecule has 0 saturated heterocycles. The highest BCUT2D eigenvalue weighted by atomic mass is 35.5. The Hall–Kier alpha value is -3.64. The number of carbonyl (C=O) groups is 2. The summed E-state index contributed by atoms with van der Waals surface area (Å²) in [5.41, 5.74) is 4.00. The van der Waals surface area contributed by atoms with E-state index in [1.807, 2.05) is 42.5 Å². The molecule has 0 fully saturated rings. The van der Waals surface area contributed by atoms with Crippen LogP contribution >= 0.6 is 11.6 Å². The van der Waals surface area contributed by atoms with Crippen LogP contribution in [-0.2, 0) is 17.8 Å². The topological polar surface area (TPSA) is 78.1 Å². The van der Waals surface area contributed by atoms with Crippen molar-refractivity contribution >= 4 is 40.0 Å². The minimum Gasteiger partial charge on any atom is -0.351 e. The minimum atomic E-state index is -0.658. The van der Waals surface area contributed by atoms with Gasteiger partial charge in [0.1, 0.15) is 11.7 Å². The molecule has 1 aliphatic heterocycles. The molecule has 2 amide bonds. The summed E-state index contributed by atoms with van der Waals surface area (Å²) in [6.07, 6.45) is 3.88. The lowest BCUT2D eigenvalue weighted by Crippen LogP contribution is -2.52. The predicted octanol–water partition coefficient (Wildman–Crippen LogP) is 4.10. The smallest absolute Gasteiger partial charge is 0.268 e. The van der Waals surface area contributed by atoms with Crippen molar-refractivity contribution in [2.45, 2.75) is 19.0 Å². The van der Waals surface area contributed by atoms with Crippen LogP contribution in [0.2, 0.25) is 5.02 Å². The fourth-order valence-electron chi connectivity index (χ4n) is 3.97. The maximum atomic E-state index is 13.3. The summed E-state index contributed by atoms with van der Waals surface area (Å²) < 4.78 is 0. The molecule has 0 saturated carbocycles. The number of nitrogens with zero attached hydrogens (tertiary/aromatic N) is 2. The normalized spacial score (nSPS) is 15.7. The van der Waals surface area contributed by atoms with Crippen LogP contribution in [0.25, 0.3) is 10.9 Å². The van der Waals surface area contributed by atoms with E-state index in [4.69, 9.17) is 11.6 Å². The third-order valence-electron chi connectivity index (χ3n) is 5.47. The molecule has 3 heterocycles. The first-order valence-electron chi connectivity index (χ1n) is 9.96. The number of nitrogens with one attached hydrogen (secondary N) is 2. The molecule has 1 aliphatic rings. The van der Waals surface area contributed by atoms with Gasteiger partial charge in [0, 0.05) is 40.4 Å². The molecule has 1 atom stereocenters. The molecule has 0 unspecified atom stereocenters. The van der Waals surface area contributed by atoms with Crippen LogP contribution < -0.4 is 10.2 Å². The van der Waals surface area contributed by atoms with Crippen LogP contribution in [0.4, 0.5) is 5.69 Å². The zero-order valence-corrected chi connectivity index (χ0v) is 17.3. The Morgan fingerprint density at radius 3 is 2.87 bits per heavy atom. The number of H-pyrrole nitrogens is 1. The summed E-state index contributed by atoms with van der Waals surface area (Å²) in [6, 6.07) is 18.0. The molecule has 6 nitrogen and oxygen atoms in total. The summed E-state index contributed by atoms with van der Waals surface area (Å²) in [6.45, 7) is 0.390. The Kier molecular flexibility index (Phi) is 4.92. The van der Waals surface area contributed by atoms with Gasteiger partial charge >= 0.3 is 0 Å². The van der Waals surface area contributed by atoms with Gasteiger partial charge in [-0.05, 0) is 47.5 Å². The second kappa shape index (κ2) is 7.89. The lowest BCUT2D eigenvalue weighted by Gasteiger charge is -2.34. The zero-order chi connectivity index (χ0) is 21.4. The molecule has 7 heteroatoms. The number of para-hydroxylation sites is 1. The Labute approximate surface area is 183 Å². The first-order valence-corrected chi connectivity index (χ1v) is 10.3. The van der Waals surface area contributed by atoms with Crippen molar-refractivity contribution in [3.8, 4) is 0 Å². The van der Waals surface area contributed by atoms with E-state index in [9.17, 15) is 9.59 Å². The molecule has 0 bridgehead atoms. The highest BCUT2D eigenvalue weighted by Crippen LogP contribution is 2.29. The van der Waals surface area contributed by atoms with E-state index in [1.165, 1.54) is 0 Å². The number of rotatable bonds is 4. The molecule has 2 N–H and O–H groups in total. The van der Waals surface area contributed by atoms with Gasteiger partial charge in [0.2, 0.25) is 5.91 Å². The molecule has 4 aromatic rings. The van der Waals surface area contributed by atoms with Gasteiger partial charge in [0.15, 0.2) is 0 Å². The number of anilines is 1. The molecular weight excluding hydrogens is 412 g/mol. The van der Waals surface area contributed by atoms with E-state index in [1.54, 1.807) is 35.5 Å². The van der Waals surface area contributed by atoms with Gasteiger partial charge in [-0.25, -0.2) is 0 Å². The van der Waals surface area contributed by atoms with Crippen molar-refractivity contribution in [2.75, 3.05) is 4.90 Å². The number of halogens is 1. The first kappa shape index (κ1) is 19.3. The van der Waals surface area contributed by atoms with Gasteiger partial charge in [-0.1, -0.05) is 35.9 Å². The maximum absolute atomic E-state index is 13.3. The zero-order valence-electron chi connectivity index (χ0n) is 16.5. The van der Waals surface area contributed by atoms with Crippen molar-refractivity contribution in [2.24, 2.45) is 0 Å². The van der Waals surface area contributed by atoms with Crippen LogP contribution in [0.5, 0.6) is 0 Å². The number of pyridine rings is 1. The third kappa shape index (κ3) is 3.78. The molecule has 2 aromatic heterocycles. The number of hydrogen-bond donors (Lipinski definition) is 2. The number of amides is 2. The lowest BCUT2D eigenvalue weighted by molar-refractivity contribution is -0.120. The highest BCUT2D eigenvalue weighted by Gasteiger charge is 2.34. The Morgan fingerprint density at radius 2 is 2.03 bits per heavy atom. The van der Waals surface area contributed by atoms with Gasteiger partial charge in [-0.3, -0.25) is 14.6 Å². The molecule has 31 heavy (non-hydrogen) atoms. The van der Waals surface area contributed by atoms with Crippen LogP contribution in [0.3, 0.4) is 0 Å². The van der Waals surface area contributed by atoms with Gasteiger partial charge in [-0.15, -0.1) is 0 Å². The number of benzene rings is 2. The van der Waals surface area contributed by atoms with E-state index in [0.717, 1.165) is 27.7 Å². The van der Waals surface area contributed by atoms with E-state index in [2.05, 4.69) is 15.3 Å². The largest absolute Gasteiger partial charge is 0.351 e. The van der Waals surface area contributed by atoms with Crippen molar-refractivity contribution in [1.29, 1.82) is 0 Å². The first-order chi connectivity index (χ1) is 15.1. The second-order valence-corrected chi connectivity index (χ2v) is 8.00. The van der Waals surface area contributed by atoms with Crippen molar-refractivity contribution in [1.82, 2.24) is 15.3 Å². The van der Waals surface area contributed by atoms with Gasteiger partial charge in [0.05, 0.1) is 6.54 Å². The quantitative estimate of drug-likeness (QED) is 0.511. The monoisotopic (exact) mass is 430 g/mol. The van der Waals surface area contributed by atoms with Gasteiger partial charge in [-0.2, -0.15) is 0 Å². The lowest BCUT2D eigenvalue weighted by atomic mass is 9.96.